The summed E-state index contributed by atoms with van der Waals surface area (Å²) < 4.78 is 0. The Morgan fingerprint density at radius 2 is 1.57 bits per heavy atom. The van der Waals surface area contributed by atoms with Crippen LogP contribution in [0.5, 0.6) is 0 Å². The Morgan fingerprint density at radius 3 is 2.30 bits per heavy atom. The number of nitrogens with zero attached hydrogens (tertiary/aromatic N) is 2. The minimum absolute atomic E-state index is 0.197. The number of benzene rings is 3. The van der Waals surface area contributed by atoms with Gasteiger partial charge in [-0.1, -0.05) is 60.1 Å². The summed E-state index contributed by atoms with van der Waals surface area (Å²) in [4.78, 5) is 41.2. The Morgan fingerprint density at radius 1 is 0.900 bits per heavy atom. The van der Waals surface area contributed by atoms with Crippen LogP contribution in [0.2, 0.25) is 5.02 Å². The second-order valence-corrected chi connectivity index (χ2v) is 7.60. The first-order valence-electron chi connectivity index (χ1n) is 9.49. The molecule has 0 N–H and O–H groups in total. The highest BCUT2D eigenvalue weighted by Gasteiger charge is 2.36. The molecule has 0 aromatic heterocycles. The molecule has 3 aromatic rings. The topological polar surface area (TPSA) is 57.7 Å². The first-order chi connectivity index (χ1) is 14.5. The molecule has 0 saturated heterocycles. The first-order valence-corrected chi connectivity index (χ1v) is 9.86. The average molecular weight is 419 g/mol. The van der Waals surface area contributed by atoms with E-state index in [2.05, 4.69) is 0 Å². The number of imide groups is 1. The van der Waals surface area contributed by atoms with Gasteiger partial charge in [-0.3, -0.25) is 19.3 Å². The molecule has 3 aromatic carbocycles. The van der Waals surface area contributed by atoms with Crippen LogP contribution >= 0.6 is 11.6 Å². The van der Waals surface area contributed by atoms with Crippen LogP contribution in [0.1, 0.15) is 42.2 Å². The van der Waals surface area contributed by atoms with E-state index >= 15 is 0 Å². The highest BCUT2D eigenvalue weighted by atomic mass is 35.5. The van der Waals surface area contributed by atoms with E-state index in [0.717, 1.165) is 11.1 Å². The molecule has 0 atom stereocenters. The van der Waals surface area contributed by atoms with Gasteiger partial charge >= 0.3 is 0 Å². The van der Waals surface area contributed by atoms with Crippen molar-refractivity contribution in [2.24, 2.45) is 0 Å². The van der Waals surface area contributed by atoms with Crippen LogP contribution < -0.4 is 0 Å². The second kappa shape index (κ2) is 8.13. The highest BCUT2D eigenvalue weighted by Crippen LogP contribution is 2.26. The summed E-state index contributed by atoms with van der Waals surface area (Å²) in [5.41, 5.74) is 2.62. The van der Waals surface area contributed by atoms with Crippen LogP contribution in [0, 0.1) is 0 Å². The molecule has 1 aliphatic heterocycles. The van der Waals surface area contributed by atoms with Crippen LogP contribution in [0.3, 0.4) is 0 Å². The number of hydrogen-bond donors (Lipinski definition) is 0. The summed E-state index contributed by atoms with van der Waals surface area (Å²) >= 11 is 6.19. The Hall–Kier alpha value is -3.44. The van der Waals surface area contributed by atoms with Crippen LogP contribution in [-0.2, 0) is 13.1 Å². The number of fused-ring (bicyclic) bond motifs is 1. The lowest BCUT2D eigenvalue weighted by Gasteiger charge is -2.18. The van der Waals surface area contributed by atoms with E-state index in [1.807, 2.05) is 48.5 Å². The summed E-state index contributed by atoms with van der Waals surface area (Å²) in [6.07, 6.45) is 0. The lowest BCUT2D eigenvalue weighted by atomic mass is 10.0. The van der Waals surface area contributed by atoms with Crippen LogP contribution in [-0.4, -0.2) is 34.6 Å². The molecule has 0 saturated carbocycles. The van der Waals surface area contributed by atoms with E-state index in [9.17, 15) is 14.4 Å². The van der Waals surface area contributed by atoms with Crippen molar-refractivity contribution in [1.82, 2.24) is 9.80 Å². The first kappa shape index (κ1) is 19.9. The molecule has 0 radical (unpaired) electrons. The maximum absolute atomic E-state index is 12.9. The highest BCUT2D eigenvalue weighted by molar-refractivity contribution is 6.31. The quantitative estimate of drug-likeness (QED) is 0.577. The molecule has 6 heteroatoms. The molecular weight excluding hydrogens is 400 g/mol. The van der Waals surface area contributed by atoms with Crippen molar-refractivity contribution in [1.29, 1.82) is 0 Å². The summed E-state index contributed by atoms with van der Waals surface area (Å²) in [5.74, 6) is -0.982. The minimum Gasteiger partial charge on any atom is -0.337 e. The Bertz CT molecular complexity index is 1140. The van der Waals surface area contributed by atoms with Gasteiger partial charge in [0, 0.05) is 24.2 Å². The molecular formula is C24H19ClN2O3. The fourth-order valence-corrected chi connectivity index (χ4v) is 3.70. The Kier molecular flexibility index (Phi) is 5.38. The van der Waals surface area contributed by atoms with Gasteiger partial charge in [0.1, 0.15) is 0 Å². The summed E-state index contributed by atoms with van der Waals surface area (Å²) in [6, 6.07) is 21.3. The molecule has 0 fully saturated rings. The number of rotatable bonds is 5. The molecule has 1 heterocycles. The smallest absolute Gasteiger partial charge is 0.261 e. The third-order valence-corrected chi connectivity index (χ3v) is 5.48. The van der Waals surface area contributed by atoms with E-state index in [1.54, 1.807) is 25.2 Å². The maximum atomic E-state index is 12.9. The van der Waals surface area contributed by atoms with E-state index in [4.69, 9.17) is 11.6 Å². The predicted octanol–water partition coefficient (Wildman–Crippen LogP) is 4.41. The zero-order chi connectivity index (χ0) is 21.3. The second-order valence-electron chi connectivity index (χ2n) is 7.20. The van der Waals surface area contributed by atoms with Crippen molar-refractivity contribution < 1.29 is 14.4 Å². The van der Waals surface area contributed by atoms with E-state index < -0.39 is 0 Å². The van der Waals surface area contributed by atoms with Crippen LogP contribution in [0.25, 0.3) is 0 Å². The molecule has 0 bridgehead atoms. The van der Waals surface area contributed by atoms with Gasteiger partial charge in [0.15, 0.2) is 0 Å². The van der Waals surface area contributed by atoms with Crippen molar-refractivity contribution in [2.45, 2.75) is 13.1 Å². The molecule has 0 unspecified atom stereocenters. The lowest BCUT2D eigenvalue weighted by molar-refractivity contribution is 0.0642. The van der Waals surface area contributed by atoms with Gasteiger partial charge in [0.2, 0.25) is 0 Å². The third kappa shape index (κ3) is 3.72. The fraction of sp³-hybridized carbons (Fsp3) is 0.125. The molecule has 1 aliphatic rings. The molecule has 0 aliphatic carbocycles. The number of amides is 3. The number of carbonyl (C=O) groups excluding carboxylic acids is 3. The molecule has 4 rings (SSSR count). The van der Waals surface area contributed by atoms with Crippen molar-refractivity contribution in [3.63, 3.8) is 0 Å². The Balaban J connectivity index is 1.55. The van der Waals surface area contributed by atoms with Gasteiger partial charge < -0.3 is 4.90 Å². The Labute approximate surface area is 179 Å². The van der Waals surface area contributed by atoms with Gasteiger partial charge in [-0.2, -0.15) is 0 Å². The van der Waals surface area contributed by atoms with Crippen molar-refractivity contribution >= 4 is 29.3 Å². The van der Waals surface area contributed by atoms with Gasteiger partial charge in [0.05, 0.1) is 17.7 Å². The summed E-state index contributed by atoms with van der Waals surface area (Å²) in [6.45, 7) is 0.533. The number of carbonyl (C=O) groups is 3. The van der Waals surface area contributed by atoms with E-state index in [0.29, 0.717) is 22.7 Å². The maximum Gasteiger partial charge on any atom is 0.261 e. The fourth-order valence-electron chi connectivity index (χ4n) is 3.51. The monoisotopic (exact) mass is 418 g/mol. The third-order valence-electron chi connectivity index (χ3n) is 5.11. The van der Waals surface area contributed by atoms with Gasteiger partial charge in [0.25, 0.3) is 17.7 Å². The SMILES string of the molecule is CN(Cc1ccccc1Cl)C(=O)c1ccc2c(c1)C(=O)N(Cc1ccccc1)C2=O. The molecule has 5 nitrogen and oxygen atoms in total. The van der Waals surface area contributed by atoms with E-state index in [-0.39, 0.29) is 29.8 Å². The zero-order valence-electron chi connectivity index (χ0n) is 16.3. The van der Waals surface area contributed by atoms with Gasteiger partial charge in [-0.25, -0.2) is 0 Å². The van der Waals surface area contributed by atoms with Crippen molar-refractivity contribution in [3.05, 3.63) is 106 Å². The van der Waals surface area contributed by atoms with E-state index in [1.165, 1.54) is 15.9 Å². The number of halogens is 1. The summed E-state index contributed by atoms with van der Waals surface area (Å²) in [7, 11) is 1.67. The predicted molar refractivity (Wildman–Crippen MR) is 114 cm³/mol. The van der Waals surface area contributed by atoms with Gasteiger partial charge in [-0.15, -0.1) is 0 Å². The number of hydrogen-bond acceptors (Lipinski definition) is 3. The van der Waals surface area contributed by atoms with Crippen LogP contribution in [0.4, 0.5) is 0 Å². The lowest BCUT2D eigenvalue weighted by Crippen LogP contribution is -2.29. The average Bonchev–Trinajstić information content (AvgIpc) is 3.00. The van der Waals surface area contributed by atoms with Gasteiger partial charge in [-0.05, 0) is 35.4 Å². The molecule has 30 heavy (non-hydrogen) atoms. The normalized spacial score (nSPS) is 12.8. The molecule has 150 valence electrons. The van der Waals surface area contributed by atoms with Crippen LogP contribution in [0.15, 0.2) is 72.8 Å². The largest absolute Gasteiger partial charge is 0.337 e. The van der Waals surface area contributed by atoms with Crippen molar-refractivity contribution in [2.75, 3.05) is 7.05 Å². The zero-order valence-corrected chi connectivity index (χ0v) is 17.1. The minimum atomic E-state index is -0.387. The summed E-state index contributed by atoms with van der Waals surface area (Å²) in [5, 5.41) is 0.587. The molecule has 3 amide bonds. The standard InChI is InChI=1S/C24H19ClN2O3/c1-26(15-18-9-5-6-10-21(18)25)22(28)17-11-12-19-20(13-17)24(30)27(23(19)29)14-16-7-3-2-4-8-16/h2-13H,14-15H2,1H3. The molecule has 0 spiro atoms. The van der Waals surface area contributed by atoms with Crippen molar-refractivity contribution in [3.8, 4) is 0 Å².